The maximum absolute atomic E-state index is 12.6. The number of carbonyl (C=O) groups excluding carboxylic acids is 1. The van der Waals surface area contributed by atoms with Gasteiger partial charge in [0.25, 0.3) is 0 Å². The molecule has 0 bridgehead atoms. The lowest BCUT2D eigenvalue weighted by atomic mass is 9.79. The van der Waals surface area contributed by atoms with Crippen LogP contribution in [0.1, 0.15) is 30.7 Å². The van der Waals surface area contributed by atoms with E-state index in [9.17, 15) is 4.79 Å². The SMILES string of the molecule is Cc1cccc(CN2CC[C@@]3(CCCNC3)C2=O)n1. The first-order valence-corrected chi connectivity index (χ1v) is 7.12. The van der Waals surface area contributed by atoms with Gasteiger partial charge < -0.3 is 10.2 Å². The molecule has 2 fully saturated rings. The third-order valence-electron chi connectivity index (χ3n) is 4.37. The van der Waals surface area contributed by atoms with E-state index in [-0.39, 0.29) is 5.41 Å². The van der Waals surface area contributed by atoms with Gasteiger partial charge in [0.1, 0.15) is 0 Å². The Labute approximate surface area is 114 Å². The van der Waals surface area contributed by atoms with Gasteiger partial charge in [-0.1, -0.05) is 6.07 Å². The number of amides is 1. The quantitative estimate of drug-likeness (QED) is 0.875. The summed E-state index contributed by atoms with van der Waals surface area (Å²) < 4.78 is 0. The van der Waals surface area contributed by atoms with Gasteiger partial charge in [0.2, 0.25) is 5.91 Å². The van der Waals surface area contributed by atoms with Crippen LogP contribution in [0, 0.1) is 12.3 Å². The van der Waals surface area contributed by atoms with Crippen molar-refractivity contribution in [2.45, 2.75) is 32.7 Å². The van der Waals surface area contributed by atoms with E-state index < -0.39 is 0 Å². The maximum Gasteiger partial charge on any atom is 0.230 e. The Hall–Kier alpha value is -1.42. The maximum atomic E-state index is 12.6. The summed E-state index contributed by atoms with van der Waals surface area (Å²) >= 11 is 0. The van der Waals surface area contributed by atoms with Crippen LogP contribution in [-0.4, -0.2) is 35.4 Å². The van der Waals surface area contributed by atoms with Crippen molar-refractivity contribution in [3.05, 3.63) is 29.6 Å². The molecule has 102 valence electrons. The first-order valence-electron chi connectivity index (χ1n) is 7.12. The summed E-state index contributed by atoms with van der Waals surface area (Å²) in [5.74, 6) is 0.322. The predicted octanol–water partition coefficient (Wildman–Crippen LogP) is 1.49. The van der Waals surface area contributed by atoms with Crippen molar-refractivity contribution in [3.8, 4) is 0 Å². The van der Waals surface area contributed by atoms with E-state index >= 15 is 0 Å². The summed E-state index contributed by atoms with van der Waals surface area (Å²) in [5.41, 5.74) is 1.88. The van der Waals surface area contributed by atoms with E-state index in [1.165, 1.54) is 0 Å². The van der Waals surface area contributed by atoms with Gasteiger partial charge in [-0.2, -0.15) is 0 Å². The molecule has 1 aromatic heterocycles. The fourth-order valence-electron chi connectivity index (χ4n) is 3.29. The molecule has 19 heavy (non-hydrogen) atoms. The molecule has 1 atom stereocenters. The first-order chi connectivity index (χ1) is 9.20. The second-order valence-corrected chi connectivity index (χ2v) is 5.81. The highest BCUT2D eigenvalue weighted by Gasteiger charge is 2.46. The Kier molecular flexibility index (Phi) is 3.27. The average molecular weight is 259 g/mol. The Morgan fingerprint density at radius 2 is 2.32 bits per heavy atom. The number of aryl methyl sites for hydroxylation is 1. The zero-order valence-corrected chi connectivity index (χ0v) is 11.5. The molecule has 2 aliphatic rings. The van der Waals surface area contributed by atoms with Gasteiger partial charge in [-0.3, -0.25) is 9.78 Å². The molecule has 4 nitrogen and oxygen atoms in total. The Balaban J connectivity index is 1.72. The summed E-state index contributed by atoms with van der Waals surface area (Å²) in [7, 11) is 0. The minimum absolute atomic E-state index is 0.123. The largest absolute Gasteiger partial charge is 0.336 e. The first kappa shape index (κ1) is 12.6. The van der Waals surface area contributed by atoms with Crippen LogP contribution in [0.3, 0.4) is 0 Å². The molecule has 0 aromatic carbocycles. The molecule has 2 aliphatic heterocycles. The van der Waals surface area contributed by atoms with Crippen LogP contribution in [-0.2, 0) is 11.3 Å². The number of pyridine rings is 1. The third kappa shape index (κ3) is 2.37. The third-order valence-corrected chi connectivity index (χ3v) is 4.37. The number of hydrogen-bond donors (Lipinski definition) is 1. The van der Waals surface area contributed by atoms with Gasteiger partial charge in [-0.15, -0.1) is 0 Å². The number of nitrogens with one attached hydrogen (secondary N) is 1. The smallest absolute Gasteiger partial charge is 0.230 e. The molecule has 1 spiro atoms. The van der Waals surface area contributed by atoms with Crippen molar-refractivity contribution >= 4 is 5.91 Å². The number of piperidine rings is 1. The monoisotopic (exact) mass is 259 g/mol. The molecule has 3 rings (SSSR count). The lowest BCUT2D eigenvalue weighted by molar-refractivity contribution is -0.137. The van der Waals surface area contributed by atoms with E-state index in [1.807, 2.05) is 30.0 Å². The zero-order valence-electron chi connectivity index (χ0n) is 11.5. The second-order valence-electron chi connectivity index (χ2n) is 5.81. The van der Waals surface area contributed by atoms with Crippen LogP contribution in [0.25, 0.3) is 0 Å². The van der Waals surface area contributed by atoms with Crippen molar-refractivity contribution in [2.75, 3.05) is 19.6 Å². The molecule has 1 aromatic rings. The molecule has 4 heteroatoms. The normalized spacial score (nSPS) is 27.2. The van der Waals surface area contributed by atoms with Crippen LogP contribution in [0.5, 0.6) is 0 Å². The Morgan fingerprint density at radius 3 is 3.05 bits per heavy atom. The molecular weight excluding hydrogens is 238 g/mol. The van der Waals surface area contributed by atoms with Crippen molar-refractivity contribution in [1.29, 1.82) is 0 Å². The van der Waals surface area contributed by atoms with Gasteiger partial charge >= 0.3 is 0 Å². The summed E-state index contributed by atoms with van der Waals surface area (Å²) in [6.07, 6.45) is 3.14. The highest BCUT2D eigenvalue weighted by Crippen LogP contribution is 2.38. The standard InChI is InChI=1S/C15H21N3O/c1-12-4-2-5-13(17-12)10-18-9-7-15(14(18)19)6-3-8-16-11-15/h2,4-5,16H,3,6-11H2,1H3/t15-/m1/s1. The van der Waals surface area contributed by atoms with E-state index in [0.29, 0.717) is 12.5 Å². The van der Waals surface area contributed by atoms with Gasteiger partial charge in [-0.05, 0) is 44.9 Å². The summed E-state index contributed by atoms with van der Waals surface area (Å²) in [4.78, 5) is 19.1. The molecule has 3 heterocycles. The molecule has 1 N–H and O–H groups in total. The van der Waals surface area contributed by atoms with Gasteiger partial charge in [0.15, 0.2) is 0 Å². The minimum atomic E-state index is -0.123. The van der Waals surface area contributed by atoms with Crippen molar-refractivity contribution in [1.82, 2.24) is 15.2 Å². The lowest BCUT2D eigenvalue weighted by Gasteiger charge is -2.32. The number of carbonyl (C=O) groups is 1. The number of rotatable bonds is 2. The number of hydrogen-bond acceptors (Lipinski definition) is 3. The average Bonchev–Trinajstić information content (AvgIpc) is 2.70. The molecule has 0 aliphatic carbocycles. The van der Waals surface area contributed by atoms with E-state index in [0.717, 1.165) is 50.3 Å². The lowest BCUT2D eigenvalue weighted by Crippen LogP contribution is -2.45. The van der Waals surface area contributed by atoms with Crippen molar-refractivity contribution in [3.63, 3.8) is 0 Å². The number of nitrogens with zero attached hydrogens (tertiary/aromatic N) is 2. The van der Waals surface area contributed by atoms with Crippen LogP contribution in [0.15, 0.2) is 18.2 Å². The highest BCUT2D eigenvalue weighted by atomic mass is 16.2. The molecule has 1 amide bonds. The van der Waals surface area contributed by atoms with Crippen LogP contribution in [0.4, 0.5) is 0 Å². The molecule has 0 radical (unpaired) electrons. The molecule has 0 unspecified atom stereocenters. The van der Waals surface area contributed by atoms with Crippen molar-refractivity contribution in [2.24, 2.45) is 5.41 Å². The van der Waals surface area contributed by atoms with Crippen LogP contribution in [0.2, 0.25) is 0 Å². The summed E-state index contributed by atoms with van der Waals surface area (Å²) in [6, 6.07) is 6.00. The summed E-state index contributed by atoms with van der Waals surface area (Å²) in [5, 5.41) is 3.38. The summed E-state index contributed by atoms with van der Waals surface area (Å²) in [6.45, 7) is 5.41. The van der Waals surface area contributed by atoms with E-state index in [4.69, 9.17) is 0 Å². The molecule has 0 saturated carbocycles. The van der Waals surface area contributed by atoms with Gasteiger partial charge in [0, 0.05) is 18.8 Å². The Morgan fingerprint density at radius 1 is 1.42 bits per heavy atom. The van der Waals surface area contributed by atoms with Crippen LogP contribution >= 0.6 is 0 Å². The fourth-order valence-corrected chi connectivity index (χ4v) is 3.29. The highest BCUT2D eigenvalue weighted by molar-refractivity contribution is 5.85. The Bertz CT molecular complexity index is 480. The van der Waals surface area contributed by atoms with Crippen molar-refractivity contribution < 1.29 is 4.79 Å². The number of likely N-dealkylation sites (tertiary alicyclic amines) is 1. The zero-order chi connectivity index (χ0) is 13.3. The van der Waals surface area contributed by atoms with Gasteiger partial charge in [-0.25, -0.2) is 0 Å². The second kappa shape index (κ2) is 4.93. The van der Waals surface area contributed by atoms with Gasteiger partial charge in [0.05, 0.1) is 17.7 Å². The minimum Gasteiger partial charge on any atom is -0.336 e. The predicted molar refractivity (Wildman–Crippen MR) is 73.5 cm³/mol. The van der Waals surface area contributed by atoms with E-state index in [1.54, 1.807) is 0 Å². The van der Waals surface area contributed by atoms with E-state index in [2.05, 4.69) is 10.3 Å². The topological polar surface area (TPSA) is 45.2 Å². The molecular formula is C15H21N3O. The number of aromatic nitrogens is 1. The van der Waals surface area contributed by atoms with Crippen LogP contribution < -0.4 is 5.32 Å². The molecule has 2 saturated heterocycles. The fraction of sp³-hybridized carbons (Fsp3) is 0.600.